The van der Waals surface area contributed by atoms with E-state index in [0.29, 0.717) is 24.5 Å². The van der Waals surface area contributed by atoms with Gasteiger partial charge in [0.15, 0.2) is 0 Å². The number of amides is 1. The molecule has 7 heteroatoms. The van der Waals surface area contributed by atoms with E-state index in [-0.39, 0.29) is 6.42 Å². The standard InChI is InChI=1S/C22H32N2O5/c1-15(2)12-17(23-20(26)28-21(3,4)5)18-14-22(29-24-18,19(25)27-6)13-16-10-8-7-9-11-16/h7-11,15,17H,12-14H2,1-6H3,(H,23,26). The van der Waals surface area contributed by atoms with Crippen LogP contribution >= 0.6 is 0 Å². The van der Waals surface area contributed by atoms with E-state index in [9.17, 15) is 9.59 Å². The van der Waals surface area contributed by atoms with Gasteiger partial charge in [-0.05, 0) is 38.7 Å². The lowest BCUT2D eigenvalue weighted by atomic mass is 9.86. The highest BCUT2D eigenvalue weighted by Crippen LogP contribution is 2.32. The first-order valence-corrected chi connectivity index (χ1v) is 9.91. The lowest BCUT2D eigenvalue weighted by Crippen LogP contribution is -2.47. The first-order valence-electron chi connectivity index (χ1n) is 9.91. The Kier molecular flexibility index (Phi) is 7.27. The average molecular weight is 405 g/mol. The van der Waals surface area contributed by atoms with E-state index in [2.05, 4.69) is 24.3 Å². The molecule has 7 nitrogen and oxygen atoms in total. The Balaban J connectivity index is 2.20. The van der Waals surface area contributed by atoms with Crippen molar-refractivity contribution in [1.29, 1.82) is 0 Å². The summed E-state index contributed by atoms with van der Waals surface area (Å²) in [7, 11) is 1.33. The molecule has 0 saturated carbocycles. The van der Waals surface area contributed by atoms with Gasteiger partial charge in [0.05, 0.1) is 18.9 Å². The van der Waals surface area contributed by atoms with Crippen molar-refractivity contribution >= 4 is 17.8 Å². The topological polar surface area (TPSA) is 86.2 Å². The van der Waals surface area contributed by atoms with Gasteiger partial charge in [0.1, 0.15) is 5.60 Å². The molecule has 29 heavy (non-hydrogen) atoms. The molecule has 0 bridgehead atoms. The number of nitrogens with zero attached hydrogens (tertiary/aromatic N) is 1. The maximum Gasteiger partial charge on any atom is 0.408 e. The van der Waals surface area contributed by atoms with Crippen molar-refractivity contribution in [2.24, 2.45) is 11.1 Å². The molecule has 0 aliphatic carbocycles. The van der Waals surface area contributed by atoms with Crippen LogP contribution < -0.4 is 5.32 Å². The highest BCUT2D eigenvalue weighted by molar-refractivity contribution is 5.98. The number of oxime groups is 1. The summed E-state index contributed by atoms with van der Waals surface area (Å²) in [4.78, 5) is 30.6. The number of carbonyl (C=O) groups is 2. The summed E-state index contributed by atoms with van der Waals surface area (Å²) < 4.78 is 10.4. The van der Waals surface area contributed by atoms with E-state index in [4.69, 9.17) is 14.3 Å². The zero-order valence-corrected chi connectivity index (χ0v) is 18.2. The maximum atomic E-state index is 12.6. The van der Waals surface area contributed by atoms with Gasteiger partial charge in [-0.1, -0.05) is 49.3 Å². The molecule has 2 unspecified atom stereocenters. The van der Waals surface area contributed by atoms with E-state index in [1.54, 1.807) is 0 Å². The Hall–Kier alpha value is -2.57. The van der Waals surface area contributed by atoms with Crippen LogP contribution in [0.3, 0.4) is 0 Å². The van der Waals surface area contributed by atoms with Gasteiger partial charge >= 0.3 is 12.1 Å². The largest absolute Gasteiger partial charge is 0.466 e. The average Bonchev–Trinajstić information content (AvgIpc) is 3.04. The fourth-order valence-electron chi connectivity index (χ4n) is 3.28. The molecule has 2 atom stereocenters. The summed E-state index contributed by atoms with van der Waals surface area (Å²) in [6.45, 7) is 9.53. The third-order valence-corrected chi connectivity index (χ3v) is 4.49. The predicted octanol–water partition coefficient (Wildman–Crippen LogP) is 3.86. The fourth-order valence-corrected chi connectivity index (χ4v) is 3.28. The second kappa shape index (κ2) is 9.29. The number of nitrogens with one attached hydrogen (secondary N) is 1. The molecule has 1 aromatic rings. The molecule has 0 spiro atoms. The second-order valence-corrected chi connectivity index (χ2v) is 8.83. The van der Waals surface area contributed by atoms with Crippen LogP contribution in [0.15, 0.2) is 35.5 Å². The minimum absolute atomic E-state index is 0.238. The van der Waals surface area contributed by atoms with Crippen molar-refractivity contribution in [3.05, 3.63) is 35.9 Å². The van der Waals surface area contributed by atoms with Crippen molar-refractivity contribution in [3.63, 3.8) is 0 Å². The monoisotopic (exact) mass is 404 g/mol. The van der Waals surface area contributed by atoms with Gasteiger partial charge in [-0.25, -0.2) is 9.59 Å². The van der Waals surface area contributed by atoms with E-state index < -0.39 is 29.3 Å². The first kappa shape index (κ1) is 22.7. The summed E-state index contributed by atoms with van der Waals surface area (Å²) in [6.07, 6.45) is 0.685. The molecule has 0 aromatic heterocycles. The number of rotatable bonds is 7. The van der Waals surface area contributed by atoms with Crippen molar-refractivity contribution in [1.82, 2.24) is 5.32 Å². The van der Waals surface area contributed by atoms with E-state index >= 15 is 0 Å². The predicted molar refractivity (Wildman–Crippen MR) is 111 cm³/mol. The van der Waals surface area contributed by atoms with Crippen molar-refractivity contribution in [2.75, 3.05) is 7.11 Å². The lowest BCUT2D eigenvalue weighted by molar-refractivity contribution is -0.166. The Labute approximate surface area is 172 Å². The molecule has 0 radical (unpaired) electrons. The number of methoxy groups -OCH3 is 1. The van der Waals surface area contributed by atoms with Crippen LogP contribution in [-0.4, -0.2) is 42.1 Å². The summed E-state index contributed by atoms with van der Waals surface area (Å²) in [5.74, 6) is -0.194. The number of ether oxygens (including phenoxy) is 2. The van der Waals surface area contributed by atoms with E-state index in [0.717, 1.165) is 5.56 Å². The van der Waals surface area contributed by atoms with Crippen LogP contribution in [0.2, 0.25) is 0 Å². The molecule has 160 valence electrons. The number of benzene rings is 1. The minimum atomic E-state index is -1.24. The second-order valence-electron chi connectivity index (χ2n) is 8.83. The van der Waals surface area contributed by atoms with Crippen LogP contribution in [0.1, 0.15) is 53.0 Å². The Morgan fingerprint density at radius 1 is 1.24 bits per heavy atom. The molecular weight excluding hydrogens is 372 g/mol. The fraction of sp³-hybridized carbons (Fsp3) is 0.591. The molecule has 1 aliphatic heterocycles. The molecule has 1 N–H and O–H groups in total. The zero-order valence-electron chi connectivity index (χ0n) is 18.2. The Morgan fingerprint density at radius 2 is 1.90 bits per heavy atom. The van der Waals surface area contributed by atoms with Gasteiger partial charge in [0.2, 0.25) is 5.60 Å². The van der Waals surface area contributed by atoms with Crippen molar-refractivity contribution < 1.29 is 23.9 Å². The van der Waals surface area contributed by atoms with Crippen LogP contribution in [0, 0.1) is 5.92 Å². The summed E-state index contributed by atoms with van der Waals surface area (Å²) in [5, 5.41) is 7.08. The molecule has 1 aromatic carbocycles. The number of alkyl carbamates (subject to hydrolysis) is 1. The smallest absolute Gasteiger partial charge is 0.408 e. The number of hydrogen-bond acceptors (Lipinski definition) is 6. The lowest BCUT2D eigenvalue weighted by Gasteiger charge is -2.26. The molecular formula is C22H32N2O5. The molecule has 0 saturated heterocycles. The molecule has 1 amide bonds. The van der Waals surface area contributed by atoms with Gasteiger partial charge in [-0.2, -0.15) is 0 Å². The minimum Gasteiger partial charge on any atom is -0.466 e. The van der Waals surface area contributed by atoms with Crippen LogP contribution in [0.4, 0.5) is 4.79 Å². The van der Waals surface area contributed by atoms with Crippen LogP contribution in [-0.2, 0) is 25.5 Å². The molecule has 0 fully saturated rings. The van der Waals surface area contributed by atoms with Crippen LogP contribution in [0.5, 0.6) is 0 Å². The zero-order chi connectivity index (χ0) is 21.7. The number of esters is 1. The van der Waals surface area contributed by atoms with Gasteiger partial charge in [-0.3, -0.25) is 0 Å². The Morgan fingerprint density at radius 3 is 2.45 bits per heavy atom. The van der Waals surface area contributed by atoms with Gasteiger partial charge in [0, 0.05) is 12.8 Å². The SMILES string of the molecule is COC(=O)C1(Cc2ccccc2)CC(C(CC(C)C)NC(=O)OC(C)(C)C)=NO1. The normalized spacial score (nSPS) is 19.9. The maximum absolute atomic E-state index is 12.6. The van der Waals surface area contributed by atoms with Crippen molar-refractivity contribution in [3.8, 4) is 0 Å². The third kappa shape index (κ3) is 6.48. The third-order valence-electron chi connectivity index (χ3n) is 4.49. The first-order chi connectivity index (χ1) is 13.5. The van der Waals surface area contributed by atoms with E-state index in [1.165, 1.54) is 7.11 Å². The van der Waals surface area contributed by atoms with E-state index in [1.807, 2.05) is 51.1 Å². The summed E-state index contributed by atoms with van der Waals surface area (Å²) in [5.41, 5.74) is -0.305. The quantitative estimate of drug-likeness (QED) is 0.698. The highest BCUT2D eigenvalue weighted by atomic mass is 16.7. The molecule has 2 rings (SSSR count). The van der Waals surface area contributed by atoms with Gasteiger partial charge in [-0.15, -0.1) is 0 Å². The summed E-state index contributed by atoms with van der Waals surface area (Å²) in [6, 6.07) is 9.18. The molecule has 1 heterocycles. The van der Waals surface area contributed by atoms with Crippen molar-refractivity contribution in [2.45, 2.75) is 71.1 Å². The van der Waals surface area contributed by atoms with Gasteiger partial charge in [0.25, 0.3) is 0 Å². The highest BCUT2D eigenvalue weighted by Gasteiger charge is 2.49. The summed E-state index contributed by atoms with van der Waals surface area (Å²) >= 11 is 0. The van der Waals surface area contributed by atoms with Crippen LogP contribution in [0.25, 0.3) is 0 Å². The Bertz CT molecular complexity index is 739. The number of carbonyl (C=O) groups excluding carboxylic acids is 2. The molecule has 1 aliphatic rings. The number of hydrogen-bond donors (Lipinski definition) is 1. The van der Waals surface area contributed by atoms with Gasteiger partial charge < -0.3 is 19.6 Å².